The van der Waals surface area contributed by atoms with Crippen molar-refractivity contribution < 1.29 is 23.9 Å². The van der Waals surface area contributed by atoms with E-state index in [-0.39, 0.29) is 40.3 Å². The Labute approximate surface area is 217 Å². The van der Waals surface area contributed by atoms with E-state index in [1.807, 2.05) is 35.8 Å². The number of thiophene rings is 1. The summed E-state index contributed by atoms with van der Waals surface area (Å²) in [5.74, 6) is -0.848. The first-order valence-corrected chi connectivity index (χ1v) is 13.1. The van der Waals surface area contributed by atoms with Gasteiger partial charge in [-0.15, -0.1) is 28.1 Å². The fourth-order valence-corrected chi connectivity index (χ4v) is 5.19. The Balaban J connectivity index is 1.80. The minimum atomic E-state index is -0.613. The Morgan fingerprint density at radius 1 is 1.08 bits per heavy atom. The van der Waals surface area contributed by atoms with E-state index in [2.05, 4.69) is 22.1 Å². The molecule has 3 rings (SSSR count). The van der Waals surface area contributed by atoms with Crippen LogP contribution in [0.5, 0.6) is 0 Å². The molecule has 1 N–H and O–H groups in total. The second kappa shape index (κ2) is 12.5. The molecule has 0 fully saturated rings. The number of hydrogen-bond donors (Lipinski definition) is 1. The van der Waals surface area contributed by atoms with Crippen LogP contribution < -0.4 is 5.32 Å². The predicted molar refractivity (Wildman–Crippen MR) is 141 cm³/mol. The molecular weight excluding hydrogens is 500 g/mol. The third-order valence-corrected chi connectivity index (χ3v) is 7.16. The Hall–Kier alpha value is -3.44. The number of hydrogen-bond acceptors (Lipinski definition) is 9. The summed E-state index contributed by atoms with van der Waals surface area (Å²) in [7, 11) is 0. The highest BCUT2D eigenvalue weighted by Gasteiger charge is 2.27. The quantitative estimate of drug-likeness (QED) is 0.213. The van der Waals surface area contributed by atoms with Gasteiger partial charge in [0.05, 0.1) is 24.5 Å². The topological polar surface area (TPSA) is 112 Å². The van der Waals surface area contributed by atoms with E-state index in [1.165, 1.54) is 11.8 Å². The third-order valence-electron chi connectivity index (χ3n) is 5.01. The smallest absolute Gasteiger partial charge is 0.348 e. The number of anilines is 1. The average molecular weight is 529 g/mol. The number of thioether (sulfide) groups is 1. The molecule has 0 aliphatic carbocycles. The molecule has 0 aliphatic rings. The monoisotopic (exact) mass is 528 g/mol. The molecule has 2 heterocycles. The number of amides is 1. The number of rotatable bonds is 11. The summed E-state index contributed by atoms with van der Waals surface area (Å²) in [6.45, 7) is 11.7. The van der Waals surface area contributed by atoms with Crippen molar-refractivity contribution in [1.82, 2.24) is 14.8 Å². The van der Waals surface area contributed by atoms with Crippen LogP contribution in [-0.2, 0) is 20.8 Å². The molecule has 0 spiro atoms. The van der Waals surface area contributed by atoms with Crippen LogP contribution in [-0.4, -0.2) is 51.6 Å². The molecule has 1 amide bonds. The Morgan fingerprint density at radius 2 is 1.75 bits per heavy atom. The van der Waals surface area contributed by atoms with Crippen molar-refractivity contribution in [3.8, 4) is 11.4 Å². The molecular formula is C25H28N4O5S2. The van der Waals surface area contributed by atoms with E-state index in [1.54, 1.807) is 26.8 Å². The molecule has 0 atom stereocenters. The molecule has 1 aromatic carbocycles. The molecule has 0 aliphatic heterocycles. The largest absolute Gasteiger partial charge is 0.462 e. The maximum Gasteiger partial charge on any atom is 0.348 e. The van der Waals surface area contributed by atoms with Crippen molar-refractivity contribution in [2.75, 3.05) is 24.3 Å². The lowest BCUT2D eigenvalue weighted by Crippen LogP contribution is -2.17. The highest BCUT2D eigenvalue weighted by Crippen LogP contribution is 2.34. The molecule has 0 bridgehead atoms. The van der Waals surface area contributed by atoms with E-state index in [9.17, 15) is 14.4 Å². The SMILES string of the molecule is C=CCn1c(SCC(=O)Nc2sc(C(=O)OCC)c(C)c2C(=O)OCC)nnc1-c1ccc(C)cc1. The number of aromatic nitrogens is 3. The van der Waals surface area contributed by atoms with E-state index in [0.29, 0.717) is 23.1 Å². The molecule has 9 nitrogen and oxygen atoms in total. The van der Waals surface area contributed by atoms with Gasteiger partial charge >= 0.3 is 11.9 Å². The Bertz CT molecular complexity index is 1260. The summed E-state index contributed by atoms with van der Waals surface area (Å²) >= 11 is 2.20. The van der Waals surface area contributed by atoms with E-state index >= 15 is 0 Å². The van der Waals surface area contributed by atoms with Crippen LogP contribution in [0.3, 0.4) is 0 Å². The molecule has 190 valence electrons. The highest BCUT2D eigenvalue weighted by atomic mass is 32.2. The van der Waals surface area contributed by atoms with Crippen LogP contribution in [0.2, 0.25) is 0 Å². The summed E-state index contributed by atoms with van der Waals surface area (Å²) in [6, 6.07) is 7.93. The second-order valence-corrected chi connectivity index (χ2v) is 9.57. The molecule has 0 unspecified atom stereocenters. The molecule has 36 heavy (non-hydrogen) atoms. The minimum absolute atomic E-state index is 0.0110. The van der Waals surface area contributed by atoms with E-state index in [0.717, 1.165) is 22.5 Å². The predicted octanol–water partition coefficient (Wildman–Crippen LogP) is 4.89. The summed E-state index contributed by atoms with van der Waals surface area (Å²) < 4.78 is 12.1. The van der Waals surface area contributed by atoms with Crippen LogP contribution in [0.25, 0.3) is 11.4 Å². The zero-order valence-corrected chi connectivity index (χ0v) is 22.3. The average Bonchev–Trinajstić information content (AvgIpc) is 3.39. The molecule has 11 heteroatoms. The van der Waals surface area contributed by atoms with Crippen molar-refractivity contribution in [1.29, 1.82) is 0 Å². The van der Waals surface area contributed by atoms with E-state index in [4.69, 9.17) is 9.47 Å². The number of carbonyl (C=O) groups excluding carboxylic acids is 3. The van der Waals surface area contributed by atoms with Gasteiger partial charge < -0.3 is 14.8 Å². The number of carbonyl (C=O) groups is 3. The number of allylic oxidation sites excluding steroid dienone is 1. The lowest BCUT2D eigenvalue weighted by Gasteiger charge is -2.09. The third kappa shape index (κ3) is 6.21. The van der Waals surface area contributed by atoms with Gasteiger partial charge in [0, 0.05) is 12.1 Å². The van der Waals surface area contributed by atoms with Crippen LogP contribution in [0, 0.1) is 13.8 Å². The highest BCUT2D eigenvalue weighted by molar-refractivity contribution is 7.99. The van der Waals surface area contributed by atoms with Gasteiger partial charge in [-0.25, -0.2) is 9.59 Å². The van der Waals surface area contributed by atoms with Crippen LogP contribution in [0.4, 0.5) is 5.00 Å². The molecule has 0 saturated carbocycles. The molecule has 2 aromatic heterocycles. The van der Waals surface area contributed by atoms with Gasteiger partial charge in [0.1, 0.15) is 9.88 Å². The van der Waals surface area contributed by atoms with Crippen molar-refractivity contribution in [2.24, 2.45) is 0 Å². The number of nitrogens with zero attached hydrogens (tertiary/aromatic N) is 3. The van der Waals surface area contributed by atoms with Gasteiger partial charge in [0.25, 0.3) is 0 Å². The Morgan fingerprint density at radius 3 is 2.39 bits per heavy atom. The van der Waals surface area contributed by atoms with Gasteiger partial charge in [-0.2, -0.15) is 0 Å². The van der Waals surface area contributed by atoms with Gasteiger partial charge in [-0.3, -0.25) is 9.36 Å². The van der Waals surface area contributed by atoms with Crippen molar-refractivity contribution in [3.05, 3.63) is 58.5 Å². The lowest BCUT2D eigenvalue weighted by atomic mass is 10.1. The van der Waals surface area contributed by atoms with Crippen molar-refractivity contribution in [3.63, 3.8) is 0 Å². The first-order valence-electron chi connectivity index (χ1n) is 11.3. The number of nitrogens with one attached hydrogen (secondary N) is 1. The zero-order valence-electron chi connectivity index (χ0n) is 20.6. The second-order valence-electron chi connectivity index (χ2n) is 7.61. The van der Waals surface area contributed by atoms with Crippen LogP contribution in [0.1, 0.15) is 45.0 Å². The first kappa shape index (κ1) is 27.2. The Kier molecular flexibility index (Phi) is 9.43. The number of esters is 2. The number of ether oxygens (including phenoxy) is 2. The van der Waals surface area contributed by atoms with Crippen molar-refractivity contribution >= 4 is 45.9 Å². The fraction of sp³-hybridized carbons (Fsp3) is 0.320. The molecule has 0 radical (unpaired) electrons. The van der Waals surface area contributed by atoms with Crippen LogP contribution in [0.15, 0.2) is 42.1 Å². The molecule has 3 aromatic rings. The first-order chi connectivity index (χ1) is 17.3. The number of aryl methyl sites for hydroxylation is 1. The van der Waals surface area contributed by atoms with Gasteiger partial charge in [-0.05, 0) is 33.3 Å². The van der Waals surface area contributed by atoms with Gasteiger partial charge in [0.15, 0.2) is 11.0 Å². The molecule has 0 saturated heterocycles. The van der Waals surface area contributed by atoms with Crippen LogP contribution >= 0.6 is 23.1 Å². The zero-order chi connectivity index (χ0) is 26.2. The maximum absolute atomic E-state index is 12.8. The van der Waals surface area contributed by atoms with E-state index < -0.39 is 11.9 Å². The van der Waals surface area contributed by atoms with Gasteiger partial charge in [0.2, 0.25) is 5.91 Å². The lowest BCUT2D eigenvalue weighted by molar-refractivity contribution is -0.113. The normalized spacial score (nSPS) is 10.7. The summed E-state index contributed by atoms with van der Waals surface area (Å²) in [6.07, 6.45) is 1.74. The summed E-state index contributed by atoms with van der Waals surface area (Å²) in [5.41, 5.74) is 2.61. The summed E-state index contributed by atoms with van der Waals surface area (Å²) in [4.78, 5) is 38.0. The maximum atomic E-state index is 12.8. The van der Waals surface area contributed by atoms with Crippen molar-refractivity contribution in [2.45, 2.75) is 39.4 Å². The standard InChI is InChI=1S/C25H28N4O5S2/c1-6-13-29-21(17-11-9-15(4)10-12-17)27-28-25(29)35-14-18(30)26-22-19(23(31)33-7-2)16(5)20(36-22)24(32)34-8-3/h6,9-12H,1,7-8,13-14H2,2-5H3,(H,26,30). The number of benzene rings is 1. The summed E-state index contributed by atoms with van der Waals surface area (Å²) in [5, 5.41) is 12.1. The fourth-order valence-electron chi connectivity index (χ4n) is 3.34. The van der Waals surface area contributed by atoms with Gasteiger partial charge in [-0.1, -0.05) is 47.7 Å². The minimum Gasteiger partial charge on any atom is -0.462 e.